The van der Waals surface area contributed by atoms with Crippen molar-refractivity contribution in [1.29, 1.82) is 0 Å². The number of ether oxygens (including phenoxy) is 4. The van der Waals surface area contributed by atoms with Crippen molar-refractivity contribution < 1.29 is 42.9 Å². The lowest BCUT2D eigenvalue weighted by Gasteiger charge is -2.25. The number of unbranched alkanes of at least 4 members (excludes halogenated alkanes) is 30. The van der Waals surface area contributed by atoms with Crippen molar-refractivity contribution in [3.63, 3.8) is 0 Å². The van der Waals surface area contributed by atoms with E-state index in [2.05, 4.69) is 50.3 Å². The smallest absolute Gasteiger partial charge is 0.361 e. The molecule has 0 saturated heterocycles. The molecule has 386 valence electrons. The molecule has 0 radical (unpaired) electrons. The van der Waals surface area contributed by atoms with Crippen LogP contribution in [0.1, 0.15) is 251 Å². The highest BCUT2D eigenvalue weighted by Crippen LogP contribution is 2.16. The number of carboxylic acid groups (broad SMARTS) is 1. The summed E-state index contributed by atoms with van der Waals surface area (Å²) in [4.78, 5) is 37.3. The molecule has 0 spiro atoms. The standard InChI is InChI=1S/C57H105NO8/c1-6-8-10-12-14-16-18-20-22-24-25-26-27-28-29-30-31-32-34-36-38-40-42-44-46-48-55(60)66-53(52-65-57(56(61)62)63-50-49-58(3,4)5)51-64-54(59)47-45-43-41-39-37-35-33-23-21-19-17-15-13-11-9-7-2/h18,20,24-25,27-28,53,57H,6-17,19,21-23,26,29-52H2,1-5H3/p+1/b20-18-,25-24-,28-27-. The van der Waals surface area contributed by atoms with Crippen LogP contribution in [-0.4, -0.2) is 87.4 Å². The Labute approximate surface area is 407 Å². The molecule has 2 unspecified atom stereocenters. The van der Waals surface area contributed by atoms with Crippen LogP contribution in [0, 0.1) is 0 Å². The third kappa shape index (κ3) is 49.4. The molecule has 0 aromatic rings. The van der Waals surface area contributed by atoms with Crippen LogP contribution >= 0.6 is 0 Å². The molecule has 9 heteroatoms. The molecule has 9 nitrogen and oxygen atoms in total. The minimum atomic E-state index is -1.51. The maximum Gasteiger partial charge on any atom is 0.361 e. The molecule has 0 aromatic carbocycles. The summed E-state index contributed by atoms with van der Waals surface area (Å²) in [5.74, 6) is -2.00. The Morgan fingerprint density at radius 3 is 1.21 bits per heavy atom. The van der Waals surface area contributed by atoms with Crippen LogP contribution in [-0.2, 0) is 33.3 Å². The number of carbonyl (C=O) groups excluding carboxylic acids is 2. The summed E-state index contributed by atoms with van der Waals surface area (Å²) < 4.78 is 22.9. The molecule has 0 heterocycles. The van der Waals surface area contributed by atoms with E-state index in [1.807, 2.05) is 21.1 Å². The molecule has 66 heavy (non-hydrogen) atoms. The van der Waals surface area contributed by atoms with Gasteiger partial charge in [0.2, 0.25) is 0 Å². The third-order valence-electron chi connectivity index (χ3n) is 12.1. The lowest BCUT2D eigenvalue weighted by atomic mass is 10.0. The fraction of sp³-hybridized carbons (Fsp3) is 0.842. The van der Waals surface area contributed by atoms with Crippen LogP contribution in [0.15, 0.2) is 36.5 Å². The average Bonchev–Trinajstić information content (AvgIpc) is 3.28. The normalized spacial score (nSPS) is 13.0. The van der Waals surface area contributed by atoms with Gasteiger partial charge in [-0.25, -0.2) is 4.79 Å². The number of nitrogens with zero attached hydrogens (tertiary/aromatic N) is 1. The van der Waals surface area contributed by atoms with Crippen molar-refractivity contribution in [2.45, 2.75) is 264 Å². The molecular formula is C57H106NO8+. The SMILES string of the molecule is CCCCCCC/C=C\C/C=C\C/C=C\CCCCCCCCCCCCC(=O)OC(COC(=O)CCCCCCCCCCCCCCCCCC)COC(OCC[N+](C)(C)C)C(=O)O. The number of carbonyl (C=O) groups is 3. The van der Waals surface area contributed by atoms with E-state index in [9.17, 15) is 19.5 Å². The van der Waals surface area contributed by atoms with Gasteiger partial charge in [0, 0.05) is 12.8 Å². The Bertz CT molecular complexity index is 1180. The van der Waals surface area contributed by atoms with Crippen molar-refractivity contribution >= 4 is 17.9 Å². The summed E-state index contributed by atoms with van der Waals surface area (Å²) >= 11 is 0. The number of aliphatic carboxylic acids is 1. The zero-order valence-electron chi connectivity index (χ0n) is 43.9. The van der Waals surface area contributed by atoms with Crippen molar-refractivity contribution in [3.8, 4) is 0 Å². The number of allylic oxidation sites excluding steroid dienone is 6. The number of likely N-dealkylation sites (N-methyl/N-ethyl adjacent to an activating group) is 1. The van der Waals surface area contributed by atoms with Gasteiger partial charge in [-0.3, -0.25) is 9.59 Å². The van der Waals surface area contributed by atoms with Gasteiger partial charge in [0.05, 0.1) is 34.4 Å². The first kappa shape index (κ1) is 63.5. The first-order valence-corrected chi connectivity index (χ1v) is 27.7. The number of hydrogen-bond acceptors (Lipinski definition) is 7. The van der Waals surface area contributed by atoms with Gasteiger partial charge in [-0.15, -0.1) is 0 Å². The van der Waals surface area contributed by atoms with E-state index in [0.717, 1.165) is 57.8 Å². The Balaban J connectivity index is 4.26. The summed E-state index contributed by atoms with van der Waals surface area (Å²) in [7, 11) is 5.97. The summed E-state index contributed by atoms with van der Waals surface area (Å²) in [5, 5.41) is 9.68. The molecule has 0 saturated carbocycles. The van der Waals surface area contributed by atoms with E-state index in [0.29, 0.717) is 17.4 Å². The maximum atomic E-state index is 12.8. The van der Waals surface area contributed by atoms with Gasteiger partial charge in [0.15, 0.2) is 6.10 Å². The second-order valence-corrected chi connectivity index (χ2v) is 19.9. The fourth-order valence-corrected chi connectivity index (χ4v) is 7.84. The number of esters is 2. The molecule has 0 aliphatic rings. The summed E-state index contributed by atoms with van der Waals surface area (Å²) in [6.45, 7) is 4.89. The van der Waals surface area contributed by atoms with E-state index in [-0.39, 0.29) is 32.2 Å². The van der Waals surface area contributed by atoms with Crippen LogP contribution in [0.2, 0.25) is 0 Å². The molecular weight excluding hydrogens is 827 g/mol. The van der Waals surface area contributed by atoms with Gasteiger partial charge in [-0.2, -0.15) is 0 Å². The fourth-order valence-electron chi connectivity index (χ4n) is 7.84. The molecule has 1 N–H and O–H groups in total. The summed E-state index contributed by atoms with van der Waals surface area (Å²) in [6.07, 6.45) is 54.9. The number of rotatable bonds is 51. The number of hydrogen-bond donors (Lipinski definition) is 1. The molecule has 0 bridgehead atoms. The molecule has 0 aliphatic carbocycles. The highest BCUT2D eigenvalue weighted by Gasteiger charge is 2.25. The molecule has 0 aliphatic heterocycles. The van der Waals surface area contributed by atoms with E-state index >= 15 is 0 Å². The Kier molecular flexibility index (Phi) is 47.1. The van der Waals surface area contributed by atoms with Gasteiger partial charge in [-0.1, -0.05) is 224 Å². The van der Waals surface area contributed by atoms with E-state index < -0.39 is 24.3 Å². The summed E-state index contributed by atoms with van der Waals surface area (Å²) in [5.41, 5.74) is 0. The van der Waals surface area contributed by atoms with Gasteiger partial charge in [-0.05, 0) is 51.4 Å². The second-order valence-electron chi connectivity index (χ2n) is 19.9. The highest BCUT2D eigenvalue weighted by molar-refractivity contribution is 5.71. The highest BCUT2D eigenvalue weighted by atomic mass is 16.7. The summed E-state index contributed by atoms with van der Waals surface area (Å²) in [6, 6.07) is 0. The molecule has 2 atom stereocenters. The third-order valence-corrected chi connectivity index (χ3v) is 12.1. The quantitative estimate of drug-likeness (QED) is 0.0211. The van der Waals surface area contributed by atoms with Crippen molar-refractivity contribution in [2.75, 3.05) is 47.5 Å². The second kappa shape index (κ2) is 48.9. The molecule has 0 fully saturated rings. The Hall–Kier alpha value is -2.49. The number of quaternary nitrogens is 1. The minimum absolute atomic E-state index is 0.180. The van der Waals surface area contributed by atoms with E-state index in [1.54, 1.807) is 0 Å². The van der Waals surface area contributed by atoms with Crippen molar-refractivity contribution in [1.82, 2.24) is 0 Å². The van der Waals surface area contributed by atoms with Gasteiger partial charge >= 0.3 is 17.9 Å². The lowest BCUT2D eigenvalue weighted by molar-refractivity contribution is -0.870. The predicted octanol–water partition coefficient (Wildman–Crippen LogP) is 15.7. The molecule has 0 rings (SSSR count). The number of carboxylic acids is 1. The monoisotopic (exact) mass is 933 g/mol. The molecule has 0 amide bonds. The Morgan fingerprint density at radius 1 is 0.455 bits per heavy atom. The minimum Gasteiger partial charge on any atom is -0.477 e. The molecule has 0 aromatic heterocycles. The largest absolute Gasteiger partial charge is 0.477 e. The zero-order chi connectivity index (χ0) is 48.4. The van der Waals surface area contributed by atoms with Crippen LogP contribution < -0.4 is 0 Å². The van der Waals surface area contributed by atoms with Gasteiger partial charge in [0.25, 0.3) is 6.29 Å². The van der Waals surface area contributed by atoms with Crippen LogP contribution in [0.3, 0.4) is 0 Å². The zero-order valence-corrected chi connectivity index (χ0v) is 43.9. The van der Waals surface area contributed by atoms with Crippen LogP contribution in [0.4, 0.5) is 0 Å². The van der Waals surface area contributed by atoms with Crippen LogP contribution in [0.5, 0.6) is 0 Å². The Morgan fingerprint density at radius 2 is 0.818 bits per heavy atom. The predicted molar refractivity (Wildman–Crippen MR) is 277 cm³/mol. The van der Waals surface area contributed by atoms with E-state index in [1.165, 1.54) is 167 Å². The first-order chi connectivity index (χ1) is 32.1. The van der Waals surface area contributed by atoms with Gasteiger partial charge < -0.3 is 28.5 Å². The van der Waals surface area contributed by atoms with Crippen LogP contribution in [0.25, 0.3) is 0 Å². The average molecular weight is 933 g/mol. The maximum absolute atomic E-state index is 12.8. The van der Waals surface area contributed by atoms with Crippen molar-refractivity contribution in [2.24, 2.45) is 0 Å². The van der Waals surface area contributed by atoms with E-state index in [4.69, 9.17) is 18.9 Å². The van der Waals surface area contributed by atoms with Crippen molar-refractivity contribution in [3.05, 3.63) is 36.5 Å². The first-order valence-electron chi connectivity index (χ1n) is 27.7. The van der Waals surface area contributed by atoms with Gasteiger partial charge in [0.1, 0.15) is 13.2 Å². The lowest BCUT2D eigenvalue weighted by Crippen LogP contribution is -2.40. The topological polar surface area (TPSA) is 108 Å².